The highest BCUT2D eigenvalue weighted by atomic mass is 19.4. The maximum Gasteiger partial charge on any atom is 0.416 e. The van der Waals surface area contributed by atoms with Crippen LogP contribution in [0.2, 0.25) is 0 Å². The van der Waals surface area contributed by atoms with Gasteiger partial charge in [0.15, 0.2) is 5.76 Å². The Balaban J connectivity index is 1.64. The van der Waals surface area contributed by atoms with Crippen LogP contribution in [0.1, 0.15) is 28.3 Å². The third-order valence-corrected chi connectivity index (χ3v) is 6.65. The Labute approximate surface area is 229 Å². The van der Waals surface area contributed by atoms with Gasteiger partial charge in [-0.2, -0.15) is 13.2 Å². The van der Waals surface area contributed by atoms with E-state index >= 15 is 0 Å². The molecule has 0 fully saturated rings. The maximum absolute atomic E-state index is 14.0. The van der Waals surface area contributed by atoms with Crippen LogP contribution in [-0.2, 0) is 22.3 Å². The second-order valence-corrected chi connectivity index (χ2v) is 9.15. The summed E-state index contributed by atoms with van der Waals surface area (Å²) in [6.45, 7) is 0.0731. The van der Waals surface area contributed by atoms with Crippen LogP contribution in [0.3, 0.4) is 0 Å². The van der Waals surface area contributed by atoms with Crippen molar-refractivity contribution in [3.8, 4) is 5.75 Å². The first kappa shape index (κ1) is 26.7. The monoisotopic (exact) mass is 542 g/mol. The van der Waals surface area contributed by atoms with Gasteiger partial charge in [-0.05, 0) is 59.7 Å². The van der Waals surface area contributed by atoms with Gasteiger partial charge in [-0.25, -0.2) is 0 Å². The lowest BCUT2D eigenvalue weighted by molar-refractivity contribution is -0.137. The molecule has 40 heavy (non-hydrogen) atoms. The SMILES string of the molecule is COc1ccc(C(=N)C2=C(OCc3ccccc3)C(=O)N(c3ccc(C(F)(F)F)cc3)C2c2ccccc2)cc1. The zero-order valence-corrected chi connectivity index (χ0v) is 21.5. The summed E-state index contributed by atoms with van der Waals surface area (Å²) in [5, 5.41) is 9.20. The van der Waals surface area contributed by atoms with Gasteiger partial charge in [0, 0.05) is 11.3 Å². The van der Waals surface area contributed by atoms with Crippen LogP contribution in [0.4, 0.5) is 18.9 Å². The number of methoxy groups -OCH3 is 1. The van der Waals surface area contributed by atoms with Gasteiger partial charge >= 0.3 is 6.18 Å². The summed E-state index contributed by atoms with van der Waals surface area (Å²) in [5.41, 5.74) is 1.84. The topological polar surface area (TPSA) is 62.6 Å². The molecule has 1 aliphatic heterocycles. The van der Waals surface area contributed by atoms with E-state index in [1.807, 2.05) is 60.7 Å². The lowest BCUT2D eigenvalue weighted by Crippen LogP contribution is -2.31. The van der Waals surface area contributed by atoms with Crippen LogP contribution >= 0.6 is 0 Å². The van der Waals surface area contributed by atoms with Gasteiger partial charge < -0.3 is 9.47 Å². The van der Waals surface area contributed by atoms with E-state index in [9.17, 15) is 23.4 Å². The molecule has 4 aromatic carbocycles. The minimum atomic E-state index is -4.52. The number of anilines is 1. The molecule has 0 saturated heterocycles. The van der Waals surface area contributed by atoms with Crippen molar-refractivity contribution in [1.82, 2.24) is 0 Å². The third-order valence-electron chi connectivity index (χ3n) is 6.65. The zero-order chi connectivity index (χ0) is 28.3. The van der Waals surface area contributed by atoms with Crippen molar-refractivity contribution in [2.24, 2.45) is 0 Å². The smallest absolute Gasteiger partial charge is 0.416 e. The second-order valence-electron chi connectivity index (χ2n) is 9.15. The van der Waals surface area contributed by atoms with Crippen LogP contribution in [0.15, 0.2) is 121 Å². The number of halogens is 3. The molecule has 5 rings (SSSR count). The Morgan fingerprint density at radius 1 is 0.850 bits per heavy atom. The Kier molecular flexibility index (Phi) is 7.42. The van der Waals surface area contributed by atoms with Crippen LogP contribution in [-0.4, -0.2) is 18.7 Å². The normalized spacial score (nSPS) is 15.3. The molecule has 0 aromatic heterocycles. The molecule has 5 nitrogen and oxygen atoms in total. The average Bonchev–Trinajstić information content (AvgIpc) is 3.28. The number of hydrogen-bond acceptors (Lipinski definition) is 4. The van der Waals surface area contributed by atoms with E-state index in [0.29, 0.717) is 22.4 Å². The molecule has 1 N–H and O–H groups in total. The van der Waals surface area contributed by atoms with Crippen molar-refractivity contribution in [3.63, 3.8) is 0 Å². The highest BCUT2D eigenvalue weighted by molar-refractivity contribution is 6.22. The predicted octanol–water partition coefficient (Wildman–Crippen LogP) is 7.34. The molecule has 1 atom stereocenters. The third kappa shape index (κ3) is 5.33. The summed E-state index contributed by atoms with van der Waals surface area (Å²) >= 11 is 0. The van der Waals surface area contributed by atoms with E-state index in [-0.39, 0.29) is 23.8 Å². The van der Waals surface area contributed by atoms with Crippen LogP contribution in [0, 0.1) is 5.41 Å². The van der Waals surface area contributed by atoms with Gasteiger partial charge in [-0.15, -0.1) is 0 Å². The standard InChI is InChI=1S/C32H25F3N2O3/c1-39-26-18-12-22(13-19-26)28(36)27-29(23-10-6-3-7-11-23)37(25-16-14-24(15-17-25)32(33,34)35)31(38)30(27)40-20-21-8-4-2-5-9-21/h2-19,29,36H,20H2,1H3. The van der Waals surface area contributed by atoms with Crippen molar-refractivity contribution >= 4 is 17.3 Å². The largest absolute Gasteiger partial charge is 0.497 e. The van der Waals surface area contributed by atoms with Gasteiger partial charge in [0.05, 0.1) is 30.0 Å². The first-order valence-corrected chi connectivity index (χ1v) is 12.5. The van der Waals surface area contributed by atoms with Gasteiger partial charge in [0.2, 0.25) is 0 Å². The first-order valence-electron chi connectivity index (χ1n) is 12.5. The number of nitrogens with one attached hydrogen (secondary N) is 1. The highest BCUT2D eigenvalue weighted by Crippen LogP contribution is 2.44. The molecule has 8 heteroatoms. The van der Waals surface area contributed by atoms with E-state index < -0.39 is 23.7 Å². The lowest BCUT2D eigenvalue weighted by atomic mass is 9.92. The summed E-state index contributed by atoms with van der Waals surface area (Å²) in [6.07, 6.45) is -4.52. The number of carbonyl (C=O) groups excluding carboxylic acids is 1. The summed E-state index contributed by atoms with van der Waals surface area (Å²) < 4.78 is 51.3. The number of alkyl halides is 3. The van der Waals surface area contributed by atoms with E-state index in [4.69, 9.17) is 9.47 Å². The molecule has 0 bridgehead atoms. The van der Waals surface area contributed by atoms with Crippen molar-refractivity contribution < 1.29 is 27.4 Å². The Morgan fingerprint density at radius 2 is 1.45 bits per heavy atom. The fraction of sp³-hybridized carbons (Fsp3) is 0.125. The molecule has 0 spiro atoms. The number of rotatable bonds is 8. The number of nitrogens with zero attached hydrogens (tertiary/aromatic N) is 1. The summed E-state index contributed by atoms with van der Waals surface area (Å²) in [7, 11) is 1.54. The summed E-state index contributed by atoms with van der Waals surface area (Å²) in [6, 6.07) is 28.9. The first-order chi connectivity index (χ1) is 19.3. The van der Waals surface area contributed by atoms with Crippen LogP contribution in [0.5, 0.6) is 5.75 Å². The van der Waals surface area contributed by atoms with Gasteiger partial charge in [0.25, 0.3) is 5.91 Å². The minimum absolute atomic E-state index is 0.0292. The molecule has 202 valence electrons. The fourth-order valence-corrected chi connectivity index (χ4v) is 4.66. The minimum Gasteiger partial charge on any atom is -0.497 e. The van der Waals surface area contributed by atoms with E-state index in [1.165, 1.54) is 17.0 Å². The van der Waals surface area contributed by atoms with Crippen molar-refractivity contribution in [2.45, 2.75) is 18.8 Å². The molecule has 1 heterocycles. The van der Waals surface area contributed by atoms with Gasteiger partial charge in [0.1, 0.15) is 12.4 Å². The van der Waals surface area contributed by atoms with Crippen LogP contribution < -0.4 is 9.64 Å². The Bertz CT molecular complexity index is 1530. The molecule has 0 aliphatic carbocycles. The predicted molar refractivity (Wildman–Crippen MR) is 146 cm³/mol. The van der Waals surface area contributed by atoms with Crippen molar-refractivity contribution in [2.75, 3.05) is 12.0 Å². The number of hydrogen-bond donors (Lipinski definition) is 1. The molecule has 1 unspecified atom stereocenters. The van der Waals surface area contributed by atoms with E-state index in [1.54, 1.807) is 31.4 Å². The average molecular weight is 543 g/mol. The lowest BCUT2D eigenvalue weighted by Gasteiger charge is -2.28. The zero-order valence-electron chi connectivity index (χ0n) is 21.5. The highest BCUT2D eigenvalue weighted by Gasteiger charge is 2.44. The quantitative estimate of drug-likeness (QED) is 0.237. The van der Waals surface area contributed by atoms with E-state index in [2.05, 4.69) is 0 Å². The van der Waals surface area contributed by atoms with Crippen molar-refractivity contribution in [3.05, 3.63) is 143 Å². The second kappa shape index (κ2) is 11.1. The number of carbonyl (C=O) groups is 1. The summed E-state index contributed by atoms with van der Waals surface area (Å²) in [4.78, 5) is 15.4. The molecular formula is C32H25F3N2O3. The van der Waals surface area contributed by atoms with Gasteiger partial charge in [-0.1, -0.05) is 60.7 Å². The molecule has 4 aromatic rings. The molecule has 1 amide bonds. The molecule has 1 aliphatic rings. The number of benzene rings is 4. The van der Waals surface area contributed by atoms with E-state index in [0.717, 1.165) is 17.7 Å². The molecule has 0 radical (unpaired) electrons. The van der Waals surface area contributed by atoms with Crippen LogP contribution in [0.25, 0.3) is 0 Å². The van der Waals surface area contributed by atoms with Gasteiger partial charge in [-0.3, -0.25) is 15.1 Å². The number of amides is 1. The number of ether oxygens (including phenoxy) is 2. The Hall–Kier alpha value is -4.85. The van der Waals surface area contributed by atoms with Crippen molar-refractivity contribution in [1.29, 1.82) is 5.41 Å². The Morgan fingerprint density at radius 3 is 2.02 bits per heavy atom. The molecular weight excluding hydrogens is 517 g/mol. The maximum atomic E-state index is 14.0. The fourth-order valence-electron chi connectivity index (χ4n) is 4.66. The molecule has 0 saturated carbocycles. The summed E-state index contributed by atoms with van der Waals surface area (Å²) in [5.74, 6) is 0.0378.